The zero-order chi connectivity index (χ0) is 13.4. The molecule has 19 heavy (non-hydrogen) atoms. The van der Waals surface area contributed by atoms with Crippen molar-refractivity contribution in [2.45, 2.75) is 32.6 Å². The highest BCUT2D eigenvalue weighted by Gasteiger charge is 2.29. The minimum Gasteiger partial charge on any atom is -0.461 e. The van der Waals surface area contributed by atoms with E-state index in [-0.39, 0.29) is 11.8 Å². The zero-order valence-electron chi connectivity index (χ0n) is 10.8. The third kappa shape index (κ3) is 1.95. The molecule has 0 atom stereocenters. The summed E-state index contributed by atoms with van der Waals surface area (Å²) in [5.41, 5.74) is 3.97. The monoisotopic (exact) mass is 260 g/mol. The van der Waals surface area contributed by atoms with E-state index in [1.54, 1.807) is 6.92 Å². The molecular weight excluding hydrogens is 244 g/mol. The third-order valence-electron chi connectivity index (χ3n) is 3.61. The van der Waals surface area contributed by atoms with Crippen molar-refractivity contribution >= 4 is 17.4 Å². The number of anilines is 1. The van der Waals surface area contributed by atoms with E-state index in [1.807, 2.05) is 6.20 Å². The summed E-state index contributed by atoms with van der Waals surface area (Å²) in [6, 6.07) is 0. The number of aromatic amines is 1. The molecule has 0 aromatic carbocycles. The fourth-order valence-electron chi connectivity index (χ4n) is 2.71. The summed E-state index contributed by atoms with van der Waals surface area (Å²) in [6.07, 6.45) is 5.01. The van der Waals surface area contributed by atoms with E-state index >= 15 is 0 Å². The van der Waals surface area contributed by atoms with Crippen molar-refractivity contribution in [1.82, 2.24) is 4.98 Å². The Balaban J connectivity index is 1.94. The van der Waals surface area contributed by atoms with Crippen LogP contribution in [0.3, 0.4) is 0 Å². The van der Waals surface area contributed by atoms with Gasteiger partial charge < -0.3 is 15.0 Å². The summed E-state index contributed by atoms with van der Waals surface area (Å²) < 4.78 is 5.00. The molecule has 0 radical (unpaired) electrons. The normalized spacial score (nSPS) is 17.6. The highest BCUT2D eigenvalue weighted by molar-refractivity contribution is 6.03. The first-order chi connectivity index (χ1) is 9.20. The quantitative estimate of drug-likeness (QED) is 0.799. The second-order valence-corrected chi connectivity index (χ2v) is 4.84. The van der Waals surface area contributed by atoms with Crippen molar-refractivity contribution in [3.8, 4) is 0 Å². The zero-order valence-corrected chi connectivity index (χ0v) is 10.8. The van der Waals surface area contributed by atoms with Crippen LogP contribution in [0.25, 0.3) is 0 Å². The Kier molecular flexibility index (Phi) is 2.89. The van der Waals surface area contributed by atoms with Crippen LogP contribution in [-0.4, -0.2) is 23.3 Å². The highest BCUT2D eigenvalue weighted by atomic mass is 16.5. The van der Waals surface area contributed by atoms with Gasteiger partial charge in [0.1, 0.15) is 5.69 Å². The summed E-state index contributed by atoms with van der Waals surface area (Å²) in [5, 5.41) is 3.13. The van der Waals surface area contributed by atoms with Gasteiger partial charge in [0.2, 0.25) is 0 Å². The molecule has 0 bridgehead atoms. The van der Waals surface area contributed by atoms with Crippen LogP contribution in [0.1, 0.15) is 42.2 Å². The molecular formula is C14H16N2O3. The molecule has 100 valence electrons. The Hall–Kier alpha value is -2.04. The molecule has 5 heteroatoms. The van der Waals surface area contributed by atoms with Crippen LogP contribution >= 0.6 is 0 Å². The Morgan fingerprint density at radius 3 is 3.05 bits per heavy atom. The van der Waals surface area contributed by atoms with E-state index in [9.17, 15) is 9.59 Å². The third-order valence-corrected chi connectivity index (χ3v) is 3.61. The number of carbonyl (C=O) groups is 2. The summed E-state index contributed by atoms with van der Waals surface area (Å²) >= 11 is 0. The molecule has 0 amide bonds. The average molecular weight is 260 g/mol. The van der Waals surface area contributed by atoms with E-state index < -0.39 is 0 Å². The van der Waals surface area contributed by atoms with Crippen molar-refractivity contribution in [2.24, 2.45) is 0 Å². The number of ether oxygens (including phenoxy) is 1. The van der Waals surface area contributed by atoms with Gasteiger partial charge in [-0.25, -0.2) is 4.79 Å². The second kappa shape index (κ2) is 4.57. The fourth-order valence-corrected chi connectivity index (χ4v) is 2.71. The summed E-state index contributed by atoms with van der Waals surface area (Å²) in [5.74, 6) is -0.244. The van der Waals surface area contributed by atoms with Gasteiger partial charge >= 0.3 is 5.97 Å². The Bertz CT molecular complexity index is 584. The number of hydrogen-bond acceptors (Lipinski definition) is 4. The van der Waals surface area contributed by atoms with Crippen LogP contribution in [0.15, 0.2) is 17.5 Å². The van der Waals surface area contributed by atoms with Crippen molar-refractivity contribution in [1.29, 1.82) is 0 Å². The van der Waals surface area contributed by atoms with Crippen LogP contribution in [0.4, 0.5) is 5.69 Å². The number of hydrogen-bond donors (Lipinski definition) is 2. The summed E-state index contributed by atoms with van der Waals surface area (Å²) in [7, 11) is 0. The molecule has 5 nitrogen and oxygen atoms in total. The first-order valence-corrected chi connectivity index (χ1v) is 6.60. The molecule has 0 fully saturated rings. The van der Waals surface area contributed by atoms with Gasteiger partial charge in [-0.15, -0.1) is 0 Å². The number of carbonyl (C=O) groups excluding carboxylic acids is 2. The molecule has 1 aliphatic carbocycles. The number of nitrogens with one attached hydrogen (secondary N) is 2. The number of ketones is 1. The van der Waals surface area contributed by atoms with Crippen molar-refractivity contribution in [3.05, 3.63) is 28.7 Å². The molecule has 2 aliphatic rings. The van der Waals surface area contributed by atoms with E-state index in [4.69, 9.17) is 4.74 Å². The fraction of sp³-hybridized carbons (Fsp3) is 0.429. The lowest BCUT2D eigenvalue weighted by Gasteiger charge is -2.25. The van der Waals surface area contributed by atoms with Crippen LogP contribution in [0.2, 0.25) is 0 Å². The van der Waals surface area contributed by atoms with Gasteiger partial charge in [-0.05, 0) is 37.3 Å². The molecule has 0 saturated carbocycles. The number of Topliss-reactive ketones (excluding diaryl/α,β-unsaturated/α-hetero) is 1. The maximum Gasteiger partial charge on any atom is 0.356 e. The largest absolute Gasteiger partial charge is 0.461 e. The van der Waals surface area contributed by atoms with Gasteiger partial charge in [0, 0.05) is 12.6 Å². The standard InChI is InChI=1S/C14H16N2O3/c1-2-19-14(18)13-12-9(7-15-13)6-8-4-3-5-10(17)11(8)16-12/h7,15-16H,2-6H2,1H3. The predicted octanol–water partition coefficient (Wildman–Crippen LogP) is 2.17. The molecule has 1 aromatic heterocycles. The van der Waals surface area contributed by atoms with Crippen molar-refractivity contribution in [3.63, 3.8) is 0 Å². The lowest BCUT2D eigenvalue weighted by molar-refractivity contribution is -0.115. The highest BCUT2D eigenvalue weighted by Crippen LogP contribution is 2.35. The van der Waals surface area contributed by atoms with Gasteiger partial charge in [0.05, 0.1) is 18.0 Å². The van der Waals surface area contributed by atoms with Crippen LogP contribution in [0.5, 0.6) is 0 Å². The van der Waals surface area contributed by atoms with Crippen LogP contribution in [0, 0.1) is 0 Å². The summed E-state index contributed by atoms with van der Waals surface area (Å²) in [4.78, 5) is 26.7. The van der Waals surface area contributed by atoms with E-state index in [0.717, 1.165) is 30.4 Å². The molecule has 2 heterocycles. The Morgan fingerprint density at radius 1 is 1.42 bits per heavy atom. The average Bonchev–Trinajstić information content (AvgIpc) is 2.80. The number of fused-ring (bicyclic) bond motifs is 1. The van der Waals surface area contributed by atoms with Crippen molar-refractivity contribution < 1.29 is 14.3 Å². The van der Waals surface area contributed by atoms with E-state index in [0.29, 0.717) is 30.1 Å². The first-order valence-electron chi connectivity index (χ1n) is 6.60. The molecule has 0 spiro atoms. The molecule has 0 saturated heterocycles. The number of rotatable bonds is 2. The molecule has 3 rings (SSSR count). The van der Waals surface area contributed by atoms with E-state index in [2.05, 4.69) is 10.3 Å². The second-order valence-electron chi connectivity index (χ2n) is 4.84. The molecule has 1 aliphatic heterocycles. The maximum absolute atomic E-state index is 11.9. The van der Waals surface area contributed by atoms with Gasteiger partial charge in [-0.1, -0.05) is 0 Å². The van der Waals surface area contributed by atoms with Crippen LogP contribution in [-0.2, 0) is 16.0 Å². The topological polar surface area (TPSA) is 71.2 Å². The lowest BCUT2D eigenvalue weighted by atomic mass is 9.88. The summed E-state index contributed by atoms with van der Waals surface area (Å²) in [6.45, 7) is 2.10. The van der Waals surface area contributed by atoms with Crippen LogP contribution < -0.4 is 5.32 Å². The van der Waals surface area contributed by atoms with Gasteiger partial charge in [-0.2, -0.15) is 0 Å². The smallest absolute Gasteiger partial charge is 0.356 e. The lowest BCUT2D eigenvalue weighted by Crippen LogP contribution is -2.24. The number of allylic oxidation sites excluding steroid dienone is 2. The van der Waals surface area contributed by atoms with Gasteiger partial charge in [-0.3, -0.25) is 4.79 Å². The van der Waals surface area contributed by atoms with E-state index in [1.165, 1.54) is 0 Å². The molecule has 0 unspecified atom stereocenters. The number of H-pyrrole nitrogens is 1. The SMILES string of the molecule is CCOC(=O)c1[nH]cc2c1NC1=C(CCCC1=O)C2. The molecule has 1 aromatic rings. The minimum absolute atomic E-state index is 0.142. The number of esters is 1. The Morgan fingerprint density at radius 2 is 2.26 bits per heavy atom. The molecule has 2 N–H and O–H groups in total. The van der Waals surface area contributed by atoms with Crippen molar-refractivity contribution in [2.75, 3.05) is 11.9 Å². The minimum atomic E-state index is -0.386. The maximum atomic E-state index is 11.9. The van der Waals surface area contributed by atoms with Gasteiger partial charge in [0.25, 0.3) is 0 Å². The van der Waals surface area contributed by atoms with Gasteiger partial charge in [0.15, 0.2) is 5.78 Å². The Labute approximate surface area is 111 Å². The number of aromatic nitrogens is 1. The predicted molar refractivity (Wildman–Crippen MR) is 70.0 cm³/mol. The first kappa shape index (κ1) is 12.0.